The van der Waals surface area contributed by atoms with Crippen molar-refractivity contribution in [2.24, 2.45) is 5.73 Å². The van der Waals surface area contributed by atoms with Gasteiger partial charge in [0, 0.05) is 19.4 Å². The van der Waals surface area contributed by atoms with E-state index in [0.717, 1.165) is 64.2 Å². The maximum absolute atomic E-state index is 12.5. The largest absolute Gasteiger partial charge is 0.472 e. The Morgan fingerprint density at radius 1 is 0.612 bits per heavy atom. The summed E-state index contributed by atoms with van der Waals surface area (Å²) in [5, 5.41) is 0. The molecule has 2 atom stereocenters. The van der Waals surface area contributed by atoms with Gasteiger partial charge in [0.15, 0.2) is 6.10 Å². The Balaban J connectivity index is 4.41. The van der Waals surface area contributed by atoms with Crippen molar-refractivity contribution in [1.29, 1.82) is 0 Å². The molecule has 3 N–H and O–H groups in total. The molecule has 0 heterocycles. The van der Waals surface area contributed by atoms with Gasteiger partial charge >= 0.3 is 19.8 Å². The van der Waals surface area contributed by atoms with E-state index < -0.39 is 32.5 Å². The van der Waals surface area contributed by atoms with Gasteiger partial charge < -0.3 is 20.1 Å². The van der Waals surface area contributed by atoms with Crippen LogP contribution < -0.4 is 5.73 Å². The quantitative estimate of drug-likeness (QED) is 0.0313. The van der Waals surface area contributed by atoms with Gasteiger partial charge in [0.25, 0.3) is 0 Å². The molecule has 0 aliphatic carbocycles. The number of phosphoric acid groups is 1. The fraction of sp³-hybridized carbons (Fsp3) is 0.538. The van der Waals surface area contributed by atoms with Gasteiger partial charge in [-0.3, -0.25) is 18.6 Å². The van der Waals surface area contributed by atoms with E-state index in [4.69, 9.17) is 24.3 Å². The van der Waals surface area contributed by atoms with Crippen LogP contribution in [0.4, 0.5) is 0 Å². The number of unbranched alkanes of at least 4 members (excludes halogenated alkanes) is 8. The smallest absolute Gasteiger partial charge is 0.462 e. The third-order valence-electron chi connectivity index (χ3n) is 6.65. The SMILES string of the molecule is CC/C=C/C=C/C=C/C=C/C=C/CCCCCC(=O)OCC(COP(=O)(O)OCCN)OC(=O)CCCCCCC/C=C/C=C/C=C/CC. The van der Waals surface area contributed by atoms with E-state index >= 15 is 0 Å². The molecule has 10 heteroatoms. The molecule has 0 saturated carbocycles. The molecule has 0 radical (unpaired) electrons. The fourth-order valence-electron chi connectivity index (χ4n) is 4.06. The number of allylic oxidation sites excluding steroid dienone is 16. The molecule has 2 unspecified atom stereocenters. The lowest BCUT2D eigenvalue weighted by Gasteiger charge is -2.19. The number of ether oxygens (including phenoxy) is 2. The van der Waals surface area contributed by atoms with E-state index in [0.29, 0.717) is 12.8 Å². The minimum atomic E-state index is -4.39. The van der Waals surface area contributed by atoms with Gasteiger partial charge in [-0.15, -0.1) is 0 Å². The standard InChI is InChI=1S/C39H62NO8P/c1-3-5-7-9-11-13-15-17-18-20-21-23-25-27-29-31-38(41)45-35-37(36-47-49(43,44)46-34-33-40)48-39(42)32-30-28-26-24-22-19-16-14-12-10-8-6-4-2/h5-18,20-21,37H,3-4,19,22-36,40H2,1-2H3,(H,43,44)/b7-5+,8-6+,11-9+,12-10+,15-13+,16-14+,18-17+,21-20+. The average Bonchev–Trinajstić information content (AvgIpc) is 3.08. The Kier molecular flexibility index (Phi) is 32.6. The number of rotatable bonds is 31. The number of hydrogen-bond donors (Lipinski definition) is 2. The summed E-state index contributed by atoms with van der Waals surface area (Å²) in [6, 6.07) is 0. The van der Waals surface area contributed by atoms with Gasteiger partial charge in [-0.25, -0.2) is 4.57 Å². The van der Waals surface area contributed by atoms with Crippen molar-refractivity contribution in [2.75, 3.05) is 26.4 Å². The first-order valence-corrected chi connectivity index (χ1v) is 19.3. The van der Waals surface area contributed by atoms with Crippen LogP contribution in [0.2, 0.25) is 0 Å². The van der Waals surface area contributed by atoms with Crippen molar-refractivity contribution in [1.82, 2.24) is 0 Å². The van der Waals surface area contributed by atoms with Crippen LogP contribution in [0.5, 0.6) is 0 Å². The summed E-state index contributed by atoms with van der Waals surface area (Å²) >= 11 is 0. The molecular weight excluding hydrogens is 641 g/mol. The van der Waals surface area contributed by atoms with Crippen LogP contribution in [-0.2, 0) is 32.7 Å². The second kappa shape index (κ2) is 34.8. The molecule has 0 aliphatic rings. The third kappa shape index (κ3) is 34.6. The van der Waals surface area contributed by atoms with E-state index in [9.17, 15) is 19.0 Å². The summed E-state index contributed by atoms with van der Waals surface area (Å²) in [5.74, 6) is -0.918. The summed E-state index contributed by atoms with van der Waals surface area (Å²) in [5.41, 5.74) is 5.32. The maximum atomic E-state index is 12.5. The summed E-state index contributed by atoms with van der Waals surface area (Å²) in [7, 11) is -4.39. The summed E-state index contributed by atoms with van der Waals surface area (Å²) in [6.45, 7) is 3.32. The van der Waals surface area contributed by atoms with Crippen LogP contribution in [0.3, 0.4) is 0 Å². The van der Waals surface area contributed by atoms with Crippen LogP contribution in [0.25, 0.3) is 0 Å². The fourth-order valence-corrected chi connectivity index (χ4v) is 4.83. The van der Waals surface area contributed by atoms with Crippen molar-refractivity contribution >= 4 is 19.8 Å². The summed E-state index contributed by atoms with van der Waals surface area (Å²) in [6.07, 6.45) is 43.0. The summed E-state index contributed by atoms with van der Waals surface area (Å²) in [4.78, 5) is 34.6. The minimum Gasteiger partial charge on any atom is -0.462 e. The first-order valence-electron chi connectivity index (χ1n) is 17.8. The van der Waals surface area contributed by atoms with Gasteiger partial charge in [-0.1, -0.05) is 137 Å². The number of carbonyl (C=O) groups is 2. The molecule has 0 bridgehead atoms. The molecule has 0 aromatic rings. The highest BCUT2D eigenvalue weighted by molar-refractivity contribution is 7.47. The predicted molar refractivity (Wildman–Crippen MR) is 201 cm³/mol. The van der Waals surface area contributed by atoms with Gasteiger partial charge in [0.05, 0.1) is 13.2 Å². The van der Waals surface area contributed by atoms with Crippen LogP contribution in [-0.4, -0.2) is 49.3 Å². The molecule has 0 spiro atoms. The topological polar surface area (TPSA) is 134 Å². The Hall–Kier alpha value is -3.07. The highest BCUT2D eigenvalue weighted by Gasteiger charge is 2.25. The number of hydrogen-bond acceptors (Lipinski definition) is 8. The molecule has 49 heavy (non-hydrogen) atoms. The van der Waals surface area contributed by atoms with Crippen molar-refractivity contribution in [2.45, 2.75) is 110 Å². The van der Waals surface area contributed by atoms with Gasteiger partial charge in [-0.05, 0) is 51.4 Å². The lowest BCUT2D eigenvalue weighted by molar-refractivity contribution is -0.161. The van der Waals surface area contributed by atoms with E-state index in [1.54, 1.807) is 0 Å². The molecule has 276 valence electrons. The van der Waals surface area contributed by atoms with Crippen molar-refractivity contribution < 1.29 is 37.6 Å². The van der Waals surface area contributed by atoms with Crippen LogP contribution in [0, 0.1) is 0 Å². The van der Waals surface area contributed by atoms with Gasteiger partial charge in [-0.2, -0.15) is 0 Å². The molecule has 0 saturated heterocycles. The second-order valence-electron chi connectivity index (χ2n) is 11.2. The third-order valence-corrected chi connectivity index (χ3v) is 7.64. The highest BCUT2D eigenvalue weighted by atomic mass is 31.2. The molecule has 0 aliphatic heterocycles. The zero-order valence-corrected chi connectivity index (χ0v) is 30.8. The summed E-state index contributed by atoms with van der Waals surface area (Å²) < 4.78 is 32.5. The molecule has 0 aromatic carbocycles. The molecule has 9 nitrogen and oxygen atoms in total. The molecule has 0 aromatic heterocycles. The van der Waals surface area contributed by atoms with E-state index in [2.05, 4.69) is 44.2 Å². The van der Waals surface area contributed by atoms with Gasteiger partial charge in [0.2, 0.25) is 0 Å². The van der Waals surface area contributed by atoms with Crippen LogP contribution in [0.1, 0.15) is 104 Å². The van der Waals surface area contributed by atoms with E-state index in [1.165, 1.54) is 0 Å². The first kappa shape index (κ1) is 45.9. The lowest BCUT2D eigenvalue weighted by Crippen LogP contribution is -2.29. The van der Waals surface area contributed by atoms with Crippen LogP contribution >= 0.6 is 7.82 Å². The average molecular weight is 704 g/mol. The predicted octanol–water partition coefficient (Wildman–Crippen LogP) is 9.48. The lowest BCUT2D eigenvalue weighted by atomic mass is 10.1. The monoisotopic (exact) mass is 703 g/mol. The molecule has 0 fully saturated rings. The van der Waals surface area contributed by atoms with Crippen molar-refractivity contribution in [3.63, 3.8) is 0 Å². The zero-order chi connectivity index (χ0) is 36.1. The zero-order valence-electron chi connectivity index (χ0n) is 29.9. The van der Waals surface area contributed by atoms with Crippen molar-refractivity contribution in [3.05, 3.63) is 97.2 Å². The van der Waals surface area contributed by atoms with Crippen LogP contribution in [0.15, 0.2) is 97.2 Å². The molecular formula is C39H62NO8P. The highest BCUT2D eigenvalue weighted by Crippen LogP contribution is 2.43. The number of phosphoric ester groups is 1. The Morgan fingerprint density at radius 2 is 1.06 bits per heavy atom. The number of carbonyl (C=O) groups excluding carboxylic acids is 2. The van der Waals surface area contributed by atoms with E-state index in [1.807, 2.05) is 66.8 Å². The minimum absolute atomic E-state index is 0.0372. The van der Waals surface area contributed by atoms with Gasteiger partial charge in [0.1, 0.15) is 6.61 Å². The second-order valence-corrected chi connectivity index (χ2v) is 12.6. The normalized spacial score (nSPS) is 14.6. The number of esters is 2. The number of nitrogens with two attached hydrogens (primary N) is 1. The Morgan fingerprint density at radius 3 is 1.59 bits per heavy atom. The molecule has 0 amide bonds. The molecule has 0 rings (SSSR count). The Labute approximate surface area is 296 Å². The maximum Gasteiger partial charge on any atom is 0.472 e. The van der Waals surface area contributed by atoms with Crippen molar-refractivity contribution in [3.8, 4) is 0 Å². The Bertz CT molecular complexity index is 1120. The first-order chi connectivity index (χ1) is 23.8. The van der Waals surface area contributed by atoms with E-state index in [-0.39, 0.29) is 32.6 Å².